The van der Waals surface area contributed by atoms with Crippen molar-refractivity contribution >= 4 is 11.8 Å². The van der Waals surface area contributed by atoms with Crippen LogP contribution in [-0.2, 0) is 17.6 Å². The van der Waals surface area contributed by atoms with Gasteiger partial charge in [0.1, 0.15) is 13.2 Å². The topological polar surface area (TPSA) is 76.7 Å². The van der Waals surface area contributed by atoms with Gasteiger partial charge in [-0.2, -0.15) is 0 Å². The molecule has 0 aromatic heterocycles. The molecule has 0 saturated heterocycles. The van der Waals surface area contributed by atoms with E-state index in [-0.39, 0.29) is 5.91 Å². The van der Waals surface area contributed by atoms with Gasteiger partial charge < -0.3 is 9.47 Å². The third-order valence-corrected chi connectivity index (χ3v) is 4.19. The molecule has 2 aromatic carbocycles. The van der Waals surface area contributed by atoms with Gasteiger partial charge in [0.05, 0.1) is 0 Å². The van der Waals surface area contributed by atoms with Crippen molar-refractivity contribution in [2.75, 3.05) is 13.2 Å². The summed E-state index contributed by atoms with van der Waals surface area (Å²) < 4.78 is 10.9. The highest BCUT2D eigenvalue weighted by Gasteiger charge is 2.15. The fourth-order valence-corrected chi connectivity index (χ4v) is 2.65. The molecule has 1 heterocycles. The van der Waals surface area contributed by atoms with Crippen LogP contribution in [0.4, 0.5) is 0 Å². The highest BCUT2D eigenvalue weighted by atomic mass is 16.6. The average Bonchev–Trinajstić information content (AvgIpc) is 2.70. The van der Waals surface area contributed by atoms with E-state index >= 15 is 0 Å². The first-order chi connectivity index (χ1) is 12.7. The van der Waals surface area contributed by atoms with E-state index in [2.05, 4.69) is 29.9 Å². The number of benzene rings is 2. The number of carbonyl (C=O) groups excluding carboxylic acids is 2. The Morgan fingerprint density at radius 2 is 1.62 bits per heavy atom. The molecule has 0 atom stereocenters. The summed E-state index contributed by atoms with van der Waals surface area (Å²) in [6, 6.07) is 13.1. The minimum atomic E-state index is -0.400. The summed E-state index contributed by atoms with van der Waals surface area (Å²) in [5, 5.41) is 0. The Labute approximate surface area is 152 Å². The van der Waals surface area contributed by atoms with Crippen LogP contribution in [0, 0.1) is 0 Å². The van der Waals surface area contributed by atoms with Crippen molar-refractivity contribution in [1.82, 2.24) is 10.9 Å². The van der Waals surface area contributed by atoms with Crippen LogP contribution in [0.15, 0.2) is 42.5 Å². The van der Waals surface area contributed by atoms with E-state index in [9.17, 15) is 9.59 Å². The van der Waals surface area contributed by atoms with Gasteiger partial charge in [0.2, 0.25) is 5.91 Å². The number of aryl methyl sites for hydroxylation is 2. The van der Waals surface area contributed by atoms with Gasteiger partial charge in [-0.1, -0.05) is 31.2 Å². The number of rotatable bonds is 5. The van der Waals surface area contributed by atoms with Crippen LogP contribution in [0.5, 0.6) is 11.5 Å². The maximum atomic E-state index is 12.2. The monoisotopic (exact) mass is 354 g/mol. The number of carbonyl (C=O) groups is 2. The van der Waals surface area contributed by atoms with Crippen molar-refractivity contribution in [1.29, 1.82) is 0 Å². The van der Waals surface area contributed by atoms with Crippen molar-refractivity contribution in [3.8, 4) is 11.5 Å². The molecule has 0 spiro atoms. The molecule has 1 aliphatic rings. The van der Waals surface area contributed by atoms with Crippen LogP contribution < -0.4 is 20.3 Å². The van der Waals surface area contributed by atoms with Gasteiger partial charge in [-0.25, -0.2) is 0 Å². The second kappa shape index (κ2) is 8.38. The van der Waals surface area contributed by atoms with Gasteiger partial charge in [0.25, 0.3) is 5.91 Å². The second-order valence-corrected chi connectivity index (χ2v) is 6.03. The first-order valence-corrected chi connectivity index (χ1v) is 8.72. The highest BCUT2D eigenvalue weighted by Crippen LogP contribution is 2.30. The van der Waals surface area contributed by atoms with Crippen molar-refractivity contribution in [3.05, 3.63) is 59.2 Å². The number of hydrogen-bond donors (Lipinski definition) is 2. The van der Waals surface area contributed by atoms with E-state index in [1.54, 1.807) is 18.2 Å². The molecule has 0 fully saturated rings. The normalized spacial score (nSPS) is 12.3. The molecular weight excluding hydrogens is 332 g/mol. The van der Waals surface area contributed by atoms with E-state index in [4.69, 9.17) is 9.47 Å². The Balaban J connectivity index is 1.47. The lowest BCUT2D eigenvalue weighted by atomic mass is 10.1. The van der Waals surface area contributed by atoms with Crippen LogP contribution >= 0.6 is 0 Å². The zero-order chi connectivity index (χ0) is 18.4. The molecular formula is C20H22N2O4. The van der Waals surface area contributed by atoms with Gasteiger partial charge in [-0.15, -0.1) is 0 Å². The van der Waals surface area contributed by atoms with Crippen molar-refractivity contribution in [3.63, 3.8) is 0 Å². The first kappa shape index (κ1) is 17.8. The number of nitrogens with one attached hydrogen (secondary N) is 2. The Bertz CT molecular complexity index is 787. The van der Waals surface area contributed by atoms with Gasteiger partial charge in [-0.3, -0.25) is 20.4 Å². The highest BCUT2D eigenvalue weighted by molar-refractivity contribution is 5.96. The Morgan fingerprint density at radius 1 is 0.923 bits per heavy atom. The maximum Gasteiger partial charge on any atom is 0.269 e. The summed E-state index contributed by atoms with van der Waals surface area (Å²) in [5.41, 5.74) is 7.62. The van der Waals surface area contributed by atoms with Crippen LogP contribution in [0.3, 0.4) is 0 Å². The van der Waals surface area contributed by atoms with E-state index in [1.165, 1.54) is 5.56 Å². The zero-order valence-electron chi connectivity index (χ0n) is 14.7. The summed E-state index contributed by atoms with van der Waals surface area (Å²) in [6.45, 7) is 3.05. The molecule has 1 aliphatic heterocycles. The van der Waals surface area contributed by atoms with Crippen molar-refractivity contribution in [2.24, 2.45) is 0 Å². The molecule has 6 nitrogen and oxygen atoms in total. The predicted molar refractivity (Wildman–Crippen MR) is 97.2 cm³/mol. The fraction of sp³-hybridized carbons (Fsp3) is 0.300. The standard InChI is InChI=1S/C20H22N2O4/c1-2-14-3-5-15(6-4-14)7-10-19(23)21-22-20(24)16-8-9-17-18(13-16)26-12-11-25-17/h3-6,8-9,13H,2,7,10-12H2,1H3,(H,21,23)(H,22,24). The first-order valence-electron chi connectivity index (χ1n) is 8.72. The number of ether oxygens (including phenoxy) is 2. The van der Waals surface area contributed by atoms with Crippen LogP contribution in [0.25, 0.3) is 0 Å². The number of hydrogen-bond acceptors (Lipinski definition) is 4. The van der Waals surface area contributed by atoms with Crippen LogP contribution in [-0.4, -0.2) is 25.0 Å². The largest absolute Gasteiger partial charge is 0.486 e. The minimum absolute atomic E-state index is 0.240. The number of fused-ring (bicyclic) bond motifs is 1. The minimum Gasteiger partial charge on any atom is -0.486 e. The van der Waals surface area contributed by atoms with Gasteiger partial charge >= 0.3 is 0 Å². The lowest BCUT2D eigenvalue weighted by molar-refractivity contribution is -0.121. The molecule has 0 aliphatic carbocycles. The Morgan fingerprint density at radius 3 is 2.35 bits per heavy atom. The van der Waals surface area contributed by atoms with Gasteiger partial charge in [0.15, 0.2) is 11.5 Å². The molecule has 0 saturated carbocycles. The zero-order valence-corrected chi connectivity index (χ0v) is 14.7. The van der Waals surface area contributed by atoms with E-state index in [0.29, 0.717) is 43.1 Å². The van der Waals surface area contributed by atoms with E-state index in [0.717, 1.165) is 12.0 Å². The molecule has 0 bridgehead atoms. The van der Waals surface area contributed by atoms with Gasteiger partial charge in [-0.05, 0) is 42.2 Å². The third-order valence-electron chi connectivity index (χ3n) is 4.19. The lowest BCUT2D eigenvalue weighted by Gasteiger charge is -2.18. The second-order valence-electron chi connectivity index (χ2n) is 6.03. The molecule has 26 heavy (non-hydrogen) atoms. The van der Waals surface area contributed by atoms with Crippen molar-refractivity contribution < 1.29 is 19.1 Å². The molecule has 2 aromatic rings. The molecule has 2 N–H and O–H groups in total. The molecule has 6 heteroatoms. The summed E-state index contributed by atoms with van der Waals surface area (Å²) in [7, 11) is 0. The smallest absolute Gasteiger partial charge is 0.269 e. The summed E-state index contributed by atoms with van der Waals surface area (Å²) in [4.78, 5) is 24.1. The number of amides is 2. The summed E-state index contributed by atoms with van der Waals surface area (Å²) >= 11 is 0. The van der Waals surface area contributed by atoms with Crippen LogP contribution in [0.2, 0.25) is 0 Å². The average molecular weight is 354 g/mol. The van der Waals surface area contributed by atoms with Crippen molar-refractivity contribution in [2.45, 2.75) is 26.2 Å². The molecule has 3 rings (SSSR count). The predicted octanol–water partition coefficient (Wildman–Crippen LogP) is 2.41. The van der Waals surface area contributed by atoms with Gasteiger partial charge in [0, 0.05) is 12.0 Å². The van der Waals surface area contributed by atoms with E-state index in [1.807, 2.05) is 12.1 Å². The summed E-state index contributed by atoms with van der Waals surface area (Å²) in [5.74, 6) is 0.509. The third kappa shape index (κ3) is 4.53. The molecule has 136 valence electrons. The van der Waals surface area contributed by atoms with E-state index < -0.39 is 5.91 Å². The fourth-order valence-electron chi connectivity index (χ4n) is 2.65. The summed E-state index contributed by atoms with van der Waals surface area (Å²) in [6.07, 6.45) is 1.91. The van der Waals surface area contributed by atoms with Crippen LogP contribution in [0.1, 0.15) is 34.8 Å². The SMILES string of the molecule is CCc1ccc(CCC(=O)NNC(=O)c2ccc3c(c2)OCCO3)cc1. The quantitative estimate of drug-likeness (QED) is 0.809. The Kier molecular flexibility index (Phi) is 5.73. The molecule has 0 unspecified atom stereocenters. The number of hydrazine groups is 1. The molecule has 0 radical (unpaired) electrons. The maximum absolute atomic E-state index is 12.2. The Hall–Kier alpha value is -3.02. The lowest BCUT2D eigenvalue weighted by Crippen LogP contribution is -2.41. The molecule has 2 amide bonds.